The van der Waals surface area contributed by atoms with Gasteiger partial charge in [-0.15, -0.1) is 0 Å². The maximum absolute atomic E-state index is 6.85. The van der Waals surface area contributed by atoms with Crippen LogP contribution in [-0.2, 0) is 21.7 Å². The first-order chi connectivity index (χ1) is 26.8. The van der Waals surface area contributed by atoms with Gasteiger partial charge in [-0.2, -0.15) is 0 Å². The van der Waals surface area contributed by atoms with E-state index < -0.39 is 0 Å². The highest BCUT2D eigenvalue weighted by atomic mass is 16.5. The first-order valence-corrected chi connectivity index (χ1v) is 20.1. The van der Waals surface area contributed by atoms with Crippen molar-refractivity contribution in [3.63, 3.8) is 0 Å². The summed E-state index contributed by atoms with van der Waals surface area (Å²) in [4.78, 5) is 9.80. The molecule has 57 heavy (non-hydrogen) atoms. The lowest BCUT2D eigenvalue weighted by molar-refractivity contribution is -0.572. The number of benzene rings is 4. The van der Waals surface area contributed by atoms with E-state index in [-0.39, 0.29) is 21.7 Å². The van der Waals surface area contributed by atoms with Gasteiger partial charge in [0.2, 0.25) is 0 Å². The molecule has 0 aliphatic rings. The Labute approximate surface area is 337 Å². The predicted molar refractivity (Wildman–Crippen MR) is 235 cm³/mol. The zero-order valence-electron chi connectivity index (χ0n) is 35.6. The van der Waals surface area contributed by atoms with Crippen molar-refractivity contribution in [2.24, 2.45) is 0 Å². The highest BCUT2D eigenvalue weighted by Gasteiger charge is 2.26. The molecule has 0 spiro atoms. The van der Waals surface area contributed by atoms with Crippen LogP contribution in [0.2, 0.25) is 0 Å². The van der Waals surface area contributed by atoms with Gasteiger partial charge in [0.05, 0.1) is 27.8 Å². The van der Waals surface area contributed by atoms with Crippen molar-refractivity contribution in [1.29, 1.82) is 0 Å². The third kappa shape index (κ3) is 7.11. The number of hydrogen-bond donors (Lipinski definition) is 0. The number of imidazole rings is 1. The Morgan fingerprint density at radius 2 is 1.14 bits per heavy atom. The Morgan fingerprint density at radius 3 is 1.81 bits per heavy atom. The second-order valence-electron chi connectivity index (χ2n) is 19.6. The molecule has 0 unspecified atom stereocenters. The molecule has 4 heterocycles. The van der Waals surface area contributed by atoms with Crippen LogP contribution in [-0.4, -0.2) is 19.1 Å². The lowest BCUT2D eigenvalue weighted by Crippen LogP contribution is -2.31. The average molecular weight is 754 g/mol. The van der Waals surface area contributed by atoms with Crippen LogP contribution in [0.3, 0.4) is 0 Å². The minimum atomic E-state index is -0.166. The summed E-state index contributed by atoms with van der Waals surface area (Å²) in [5.74, 6) is 3.06. The number of ether oxygens (including phenoxy) is 1. The standard InChI is InChI=1S/C51H55N5O/c1-48(2,3)33-21-23-53-46(28-33)56-41-18-14-13-17-39(41)47-40(51(10,11)12)29-38(30-44(47)56)57-37-22-24-52-45(31-37)55-32-54(42-19-15-16-20-43(42)55)36-26-34(49(4,5)6)25-35(27-36)50(7,8)9/h13-31H,1-12H3. The number of rotatable bonds is 5. The highest BCUT2D eigenvalue weighted by molar-refractivity contribution is 6.11. The number of pyridine rings is 2. The predicted octanol–water partition coefficient (Wildman–Crippen LogP) is 12.6. The monoisotopic (exact) mass is 753 g/mol. The molecule has 6 nitrogen and oxygen atoms in total. The smallest absolute Gasteiger partial charge is 0.271 e. The number of fused-ring (bicyclic) bond motifs is 4. The molecule has 0 fully saturated rings. The van der Waals surface area contributed by atoms with Gasteiger partial charge >= 0.3 is 0 Å². The number of para-hydroxylation sites is 3. The van der Waals surface area contributed by atoms with Crippen molar-refractivity contribution in [1.82, 2.24) is 19.1 Å². The Hall–Kier alpha value is -5.75. The van der Waals surface area contributed by atoms with E-state index in [0.717, 1.165) is 45.1 Å². The van der Waals surface area contributed by atoms with Crippen molar-refractivity contribution in [3.8, 4) is 28.8 Å². The summed E-state index contributed by atoms with van der Waals surface area (Å²) in [6.45, 7) is 27.2. The van der Waals surface area contributed by atoms with Crippen LogP contribution in [0.25, 0.3) is 50.2 Å². The van der Waals surface area contributed by atoms with Gasteiger partial charge in [0.1, 0.15) is 17.3 Å². The molecule has 8 aromatic rings. The second-order valence-corrected chi connectivity index (χ2v) is 19.6. The molecular formula is C51H55N5O. The van der Waals surface area contributed by atoms with Gasteiger partial charge in [-0.1, -0.05) is 132 Å². The fraction of sp³-hybridized carbons (Fsp3) is 0.314. The molecule has 4 aromatic heterocycles. The molecule has 4 aromatic carbocycles. The van der Waals surface area contributed by atoms with E-state index in [0.29, 0.717) is 5.75 Å². The van der Waals surface area contributed by atoms with Crippen LogP contribution in [0.15, 0.2) is 116 Å². The van der Waals surface area contributed by atoms with Gasteiger partial charge in [0, 0.05) is 35.3 Å². The minimum absolute atomic E-state index is 0.0145. The topological polar surface area (TPSA) is 48.8 Å². The first kappa shape index (κ1) is 38.1. The van der Waals surface area contributed by atoms with E-state index in [1.807, 2.05) is 29.1 Å². The van der Waals surface area contributed by atoms with Gasteiger partial charge in [-0.3, -0.25) is 18.7 Å². The first-order valence-electron chi connectivity index (χ1n) is 20.1. The highest BCUT2D eigenvalue weighted by Crippen LogP contribution is 2.42. The summed E-state index contributed by atoms with van der Waals surface area (Å²) in [6, 6.07) is 36.7. The molecule has 0 N–H and O–H groups in total. The third-order valence-corrected chi connectivity index (χ3v) is 11.0. The van der Waals surface area contributed by atoms with Gasteiger partial charge < -0.3 is 4.74 Å². The molecule has 0 radical (unpaired) electrons. The molecular weight excluding hydrogens is 699 g/mol. The van der Waals surface area contributed by atoms with Gasteiger partial charge in [-0.25, -0.2) is 4.98 Å². The lowest BCUT2D eigenvalue weighted by atomic mass is 9.80. The Bertz CT molecular complexity index is 2780. The number of nitrogens with zero attached hydrogens (tertiary/aromatic N) is 5. The zero-order valence-corrected chi connectivity index (χ0v) is 35.6. The maximum Gasteiger partial charge on any atom is 0.271 e. The van der Waals surface area contributed by atoms with Crippen molar-refractivity contribution in [3.05, 3.63) is 144 Å². The van der Waals surface area contributed by atoms with Crippen LogP contribution < -0.4 is 9.30 Å². The van der Waals surface area contributed by atoms with Crippen molar-refractivity contribution >= 4 is 32.8 Å². The van der Waals surface area contributed by atoms with E-state index in [4.69, 9.17) is 14.7 Å². The molecule has 0 aliphatic heterocycles. The molecule has 290 valence electrons. The summed E-state index contributed by atoms with van der Waals surface area (Å²) in [6.07, 6.45) is 7.43. The van der Waals surface area contributed by atoms with E-state index in [1.165, 1.54) is 33.0 Å². The Kier molecular flexibility index (Phi) is 8.99. The summed E-state index contributed by atoms with van der Waals surface area (Å²) in [7, 11) is 0. The van der Waals surface area contributed by atoms with Crippen molar-refractivity contribution in [2.45, 2.75) is 105 Å². The van der Waals surface area contributed by atoms with E-state index in [2.05, 4.69) is 190 Å². The van der Waals surface area contributed by atoms with Crippen LogP contribution in [0, 0.1) is 6.33 Å². The van der Waals surface area contributed by atoms with Crippen molar-refractivity contribution < 1.29 is 9.30 Å². The SMILES string of the molecule is CC(C)(C)c1cc(-[n+]2[c-]n(-c3cc(Oc4cc(C(C)(C)C)c5c6ccccc6n(-c6cc(C(C)(C)C)ccn6)c5c4)ccn3)c3ccccc32)cc(C(C)(C)C)c1. The molecule has 0 bridgehead atoms. The fourth-order valence-electron chi connectivity index (χ4n) is 7.72. The summed E-state index contributed by atoms with van der Waals surface area (Å²) in [5, 5.41) is 2.41. The van der Waals surface area contributed by atoms with E-state index in [9.17, 15) is 0 Å². The fourth-order valence-corrected chi connectivity index (χ4v) is 7.72. The van der Waals surface area contributed by atoms with E-state index in [1.54, 1.807) is 0 Å². The number of hydrogen-bond acceptors (Lipinski definition) is 3. The molecule has 0 atom stereocenters. The minimum Gasteiger partial charge on any atom is -0.458 e. The summed E-state index contributed by atoms with van der Waals surface area (Å²) in [5.41, 5.74) is 10.1. The average Bonchev–Trinajstić information content (AvgIpc) is 3.69. The third-order valence-electron chi connectivity index (χ3n) is 11.0. The normalized spacial score (nSPS) is 12.9. The molecule has 0 saturated heterocycles. The second kappa shape index (κ2) is 13.4. The quantitative estimate of drug-likeness (QED) is 0.130. The maximum atomic E-state index is 6.85. The van der Waals surface area contributed by atoms with Crippen LogP contribution in [0.4, 0.5) is 0 Å². The number of aromatic nitrogens is 5. The summed E-state index contributed by atoms with van der Waals surface area (Å²) >= 11 is 0. The molecule has 0 saturated carbocycles. The molecule has 0 aliphatic carbocycles. The lowest BCUT2D eigenvalue weighted by Gasteiger charge is -2.26. The van der Waals surface area contributed by atoms with Crippen LogP contribution in [0.5, 0.6) is 11.5 Å². The van der Waals surface area contributed by atoms with E-state index >= 15 is 0 Å². The van der Waals surface area contributed by atoms with Crippen molar-refractivity contribution in [2.75, 3.05) is 0 Å². The molecule has 0 amide bonds. The van der Waals surface area contributed by atoms with Gasteiger partial charge in [-0.05, 0) is 86.4 Å². The summed E-state index contributed by atoms with van der Waals surface area (Å²) < 4.78 is 13.3. The molecule has 6 heteroatoms. The van der Waals surface area contributed by atoms with Crippen LogP contribution >= 0.6 is 0 Å². The van der Waals surface area contributed by atoms with Gasteiger partial charge in [0.25, 0.3) is 6.33 Å². The van der Waals surface area contributed by atoms with Gasteiger partial charge in [0.15, 0.2) is 5.82 Å². The molecule has 8 rings (SSSR count). The van der Waals surface area contributed by atoms with Crippen LogP contribution in [0.1, 0.15) is 105 Å². The Morgan fingerprint density at radius 1 is 0.526 bits per heavy atom. The Balaban J connectivity index is 1.27. The largest absolute Gasteiger partial charge is 0.458 e. The zero-order chi connectivity index (χ0) is 40.7.